The number of furan rings is 1. The van der Waals surface area contributed by atoms with Crippen LogP contribution in [0.3, 0.4) is 0 Å². The summed E-state index contributed by atoms with van der Waals surface area (Å²) in [6.07, 6.45) is 6.70. The van der Waals surface area contributed by atoms with Gasteiger partial charge in [0.15, 0.2) is 5.78 Å². The summed E-state index contributed by atoms with van der Waals surface area (Å²) in [5.41, 5.74) is 1.52. The molecule has 70 valence electrons. The van der Waals surface area contributed by atoms with E-state index in [-0.39, 0.29) is 5.78 Å². The Bertz CT molecular complexity index is 406. The van der Waals surface area contributed by atoms with Crippen molar-refractivity contribution in [1.82, 2.24) is 4.98 Å². The molecule has 0 radical (unpaired) electrons. The third-order valence-corrected chi connectivity index (χ3v) is 1.93. The second kappa shape index (κ2) is 3.87. The van der Waals surface area contributed by atoms with E-state index in [0.29, 0.717) is 12.0 Å². The van der Waals surface area contributed by atoms with Crippen LogP contribution in [0.1, 0.15) is 15.9 Å². The molecule has 2 rings (SSSR count). The largest absolute Gasteiger partial charge is 0.472 e. The molecule has 0 atom stereocenters. The lowest BCUT2D eigenvalue weighted by molar-refractivity contribution is 0.0992. The van der Waals surface area contributed by atoms with Crippen molar-refractivity contribution in [3.05, 3.63) is 54.2 Å². The zero-order chi connectivity index (χ0) is 9.80. The fourth-order valence-corrected chi connectivity index (χ4v) is 1.21. The van der Waals surface area contributed by atoms with Crippen molar-refractivity contribution in [3.63, 3.8) is 0 Å². The second-order valence-electron chi connectivity index (χ2n) is 2.97. The number of carbonyl (C=O) groups excluding carboxylic acids is 1. The number of pyridine rings is 1. The minimum absolute atomic E-state index is 0.0479. The average molecular weight is 187 g/mol. The van der Waals surface area contributed by atoms with Gasteiger partial charge in [0.25, 0.3) is 0 Å². The molecule has 0 aliphatic heterocycles. The van der Waals surface area contributed by atoms with Gasteiger partial charge in [0.2, 0.25) is 0 Å². The third kappa shape index (κ3) is 1.88. The molecule has 2 heterocycles. The SMILES string of the molecule is O=C(Cc1cccnc1)c1ccoc1. The molecule has 2 aromatic rings. The van der Waals surface area contributed by atoms with Gasteiger partial charge in [-0.25, -0.2) is 0 Å². The van der Waals surface area contributed by atoms with Crippen molar-refractivity contribution in [1.29, 1.82) is 0 Å². The Morgan fingerprint density at radius 1 is 1.43 bits per heavy atom. The molecule has 0 fully saturated rings. The number of rotatable bonds is 3. The molecule has 0 spiro atoms. The molecule has 0 aliphatic carbocycles. The van der Waals surface area contributed by atoms with Gasteiger partial charge in [-0.05, 0) is 17.7 Å². The van der Waals surface area contributed by atoms with E-state index in [1.54, 1.807) is 18.5 Å². The minimum Gasteiger partial charge on any atom is -0.472 e. The predicted octanol–water partition coefficient (Wildman–Crippen LogP) is 2.10. The molecule has 2 aromatic heterocycles. The zero-order valence-electron chi connectivity index (χ0n) is 7.51. The molecule has 3 heteroatoms. The Hall–Kier alpha value is -1.90. The maximum atomic E-state index is 11.6. The maximum Gasteiger partial charge on any atom is 0.170 e. The standard InChI is InChI=1S/C11H9NO2/c13-11(10-3-5-14-8-10)6-9-2-1-4-12-7-9/h1-5,7-8H,6H2. The van der Waals surface area contributed by atoms with Crippen LogP contribution in [0.5, 0.6) is 0 Å². The summed E-state index contributed by atoms with van der Waals surface area (Å²) in [7, 11) is 0. The number of carbonyl (C=O) groups is 1. The lowest BCUT2D eigenvalue weighted by Crippen LogP contribution is -2.01. The molecule has 0 aromatic carbocycles. The number of nitrogens with zero attached hydrogens (tertiary/aromatic N) is 1. The normalized spacial score (nSPS) is 10.0. The van der Waals surface area contributed by atoms with Crippen LogP contribution >= 0.6 is 0 Å². The summed E-state index contributed by atoms with van der Waals surface area (Å²) in [6, 6.07) is 5.36. The molecular weight excluding hydrogens is 178 g/mol. The van der Waals surface area contributed by atoms with Crippen LogP contribution in [0.15, 0.2) is 47.5 Å². The van der Waals surface area contributed by atoms with Crippen LogP contribution in [0.2, 0.25) is 0 Å². The highest BCUT2D eigenvalue weighted by Gasteiger charge is 2.07. The first-order valence-corrected chi connectivity index (χ1v) is 4.30. The van der Waals surface area contributed by atoms with Crippen LogP contribution in [-0.2, 0) is 6.42 Å². The monoisotopic (exact) mass is 187 g/mol. The number of Topliss-reactive ketones (excluding diaryl/α,β-unsaturated/α-hetero) is 1. The second-order valence-corrected chi connectivity index (χ2v) is 2.97. The summed E-state index contributed by atoms with van der Waals surface area (Å²) in [4.78, 5) is 15.5. The molecule has 14 heavy (non-hydrogen) atoms. The Morgan fingerprint density at radius 2 is 2.36 bits per heavy atom. The quantitative estimate of drug-likeness (QED) is 0.691. The first-order chi connectivity index (χ1) is 6.86. The molecule has 0 saturated heterocycles. The van der Waals surface area contributed by atoms with Gasteiger partial charge in [0, 0.05) is 18.8 Å². The van der Waals surface area contributed by atoms with E-state index in [1.807, 2.05) is 12.1 Å². The van der Waals surface area contributed by atoms with Crippen molar-refractivity contribution in [2.45, 2.75) is 6.42 Å². The van der Waals surface area contributed by atoms with Gasteiger partial charge in [-0.15, -0.1) is 0 Å². The Balaban J connectivity index is 2.10. The fourth-order valence-electron chi connectivity index (χ4n) is 1.21. The van der Waals surface area contributed by atoms with Crippen molar-refractivity contribution >= 4 is 5.78 Å². The topological polar surface area (TPSA) is 43.1 Å². The number of ketones is 1. The lowest BCUT2D eigenvalue weighted by Gasteiger charge is -1.96. The van der Waals surface area contributed by atoms with Gasteiger partial charge in [0.1, 0.15) is 6.26 Å². The first kappa shape index (κ1) is 8.69. The van der Waals surface area contributed by atoms with Gasteiger partial charge in [-0.3, -0.25) is 9.78 Å². The molecule has 0 aliphatic rings. The average Bonchev–Trinajstić information content (AvgIpc) is 2.72. The number of hydrogen-bond donors (Lipinski definition) is 0. The Labute approximate surface area is 81.4 Å². The van der Waals surface area contributed by atoms with E-state index in [9.17, 15) is 4.79 Å². The minimum atomic E-state index is 0.0479. The van der Waals surface area contributed by atoms with E-state index in [0.717, 1.165) is 5.56 Å². The fraction of sp³-hybridized carbons (Fsp3) is 0.0909. The Kier molecular flexibility index (Phi) is 2.40. The molecule has 0 saturated carbocycles. The van der Waals surface area contributed by atoms with Gasteiger partial charge >= 0.3 is 0 Å². The molecule has 0 bridgehead atoms. The molecule has 3 nitrogen and oxygen atoms in total. The summed E-state index contributed by atoms with van der Waals surface area (Å²) in [5.74, 6) is 0.0479. The number of hydrogen-bond acceptors (Lipinski definition) is 3. The number of aromatic nitrogens is 1. The summed E-state index contributed by atoms with van der Waals surface area (Å²) >= 11 is 0. The van der Waals surface area contributed by atoms with Crippen LogP contribution in [0, 0.1) is 0 Å². The van der Waals surface area contributed by atoms with Gasteiger partial charge < -0.3 is 4.42 Å². The van der Waals surface area contributed by atoms with Crippen LogP contribution < -0.4 is 0 Å². The molecule has 0 unspecified atom stereocenters. The highest BCUT2D eigenvalue weighted by molar-refractivity contribution is 5.97. The lowest BCUT2D eigenvalue weighted by atomic mass is 10.1. The molecular formula is C11H9NO2. The van der Waals surface area contributed by atoms with Gasteiger partial charge in [-0.1, -0.05) is 6.07 Å². The van der Waals surface area contributed by atoms with E-state index in [1.165, 1.54) is 12.5 Å². The van der Waals surface area contributed by atoms with E-state index < -0.39 is 0 Å². The molecule has 0 amide bonds. The van der Waals surface area contributed by atoms with Crippen molar-refractivity contribution in [3.8, 4) is 0 Å². The highest BCUT2D eigenvalue weighted by Crippen LogP contribution is 2.06. The zero-order valence-corrected chi connectivity index (χ0v) is 7.51. The van der Waals surface area contributed by atoms with Crippen LogP contribution in [0.4, 0.5) is 0 Å². The first-order valence-electron chi connectivity index (χ1n) is 4.30. The smallest absolute Gasteiger partial charge is 0.170 e. The maximum absolute atomic E-state index is 11.6. The van der Waals surface area contributed by atoms with Crippen molar-refractivity contribution in [2.75, 3.05) is 0 Å². The van der Waals surface area contributed by atoms with Crippen molar-refractivity contribution in [2.24, 2.45) is 0 Å². The van der Waals surface area contributed by atoms with Crippen molar-refractivity contribution < 1.29 is 9.21 Å². The molecule has 0 N–H and O–H groups in total. The van der Waals surface area contributed by atoms with E-state index in [2.05, 4.69) is 4.98 Å². The van der Waals surface area contributed by atoms with Gasteiger partial charge in [0.05, 0.1) is 11.8 Å². The predicted molar refractivity (Wildman–Crippen MR) is 51.0 cm³/mol. The summed E-state index contributed by atoms with van der Waals surface area (Å²) in [6.45, 7) is 0. The summed E-state index contributed by atoms with van der Waals surface area (Å²) in [5, 5.41) is 0. The highest BCUT2D eigenvalue weighted by atomic mass is 16.3. The third-order valence-electron chi connectivity index (χ3n) is 1.93. The van der Waals surface area contributed by atoms with Crippen LogP contribution in [0.25, 0.3) is 0 Å². The van der Waals surface area contributed by atoms with Gasteiger partial charge in [-0.2, -0.15) is 0 Å². The van der Waals surface area contributed by atoms with E-state index in [4.69, 9.17) is 4.42 Å². The Morgan fingerprint density at radius 3 is 3.00 bits per heavy atom. The summed E-state index contributed by atoms with van der Waals surface area (Å²) < 4.78 is 4.84. The van der Waals surface area contributed by atoms with Crippen LogP contribution in [-0.4, -0.2) is 10.8 Å². The van der Waals surface area contributed by atoms with E-state index >= 15 is 0 Å².